The summed E-state index contributed by atoms with van der Waals surface area (Å²) >= 11 is 5.96. The predicted molar refractivity (Wildman–Crippen MR) is 75.2 cm³/mol. The minimum absolute atomic E-state index is 0.0397. The van der Waals surface area contributed by atoms with Crippen molar-refractivity contribution in [3.63, 3.8) is 0 Å². The first-order chi connectivity index (χ1) is 9.70. The smallest absolute Gasteiger partial charge is 0.234 e. The number of halogens is 1. The number of nitrogens with one attached hydrogen (secondary N) is 1. The summed E-state index contributed by atoms with van der Waals surface area (Å²) < 4.78 is 5.72. The molecule has 3 rings (SSSR count). The van der Waals surface area contributed by atoms with Gasteiger partial charge in [-0.25, -0.2) is 4.98 Å². The van der Waals surface area contributed by atoms with Crippen LogP contribution in [0.2, 0.25) is 5.02 Å². The van der Waals surface area contributed by atoms with Gasteiger partial charge in [-0.05, 0) is 12.1 Å². The van der Waals surface area contributed by atoms with Gasteiger partial charge in [0.1, 0.15) is 0 Å². The number of hydrogen-bond donors (Lipinski definition) is 1. The van der Waals surface area contributed by atoms with Gasteiger partial charge in [-0.2, -0.15) is 0 Å². The van der Waals surface area contributed by atoms with Crippen molar-refractivity contribution in [2.24, 2.45) is 0 Å². The maximum absolute atomic E-state index is 11.3. The Bertz CT molecular complexity index is 626. The lowest BCUT2D eigenvalue weighted by molar-refractivity contribution is -0.124. The third-order valence-electron chi connectivity index (χ3n) is 3.14. The molecule has 1 aromatic heterocycles. The zero-order valence-electron chi connectivity index (χ0n) is 10.8. The van der Waals surface area contributed by atoms with E-state index in [-0.39, 0.29) is 5.91 Å². The van der Waals surface area contributed by atoms with Crippen LogP contribution >= 0.6 is 11.6 Å². The van der Waals surface area contributed by atoms with Crippen molar-refractivity contribution in [3.8, 4) is 11.3 Å². The third kappa shape index (κ3) is 3.00. The number of aromatic nitrogens is 1. The SMILES string of the molecule is O=C1CN(Cc2ncc(-c3cccc(Cl)c3)o2)CCN1. The molecule has 20 heavy (non-hydrogen) atoms. The average Bonchev–Trinajstić information content (AvgIpc) is 2.87. The highest BCUT2D eigenvalue weighted by Crippen LogP contribution is 2.23. The number of oxazole rings is 1. The van der Waals surface area contributed by atoms with Crippen LogP contribution < -0.4 is 5.32 Å². The summed E-state index contributed by atoms with van der Waals surface area (Å²) in [6.07, 6.45) is 1.69. The molecule has 0 saturated carbocycles. The molecule has 1 fully saturated rings. The van der Waals surface area contributed by atoms with E-state index in [2.05, 4.69) is 10.3 Å². The lowest BCUT2D eigenvalue weighted by atomic mass is 10.2. The van der Waals surface area contributed by atoms with Crippen LogP contribution in [0.1, 0.15) is 5.89 Å². The largest absolute Gasteiger partial charge is 0.439 e. The average molecular weight is 292 g/mol. The normalized spacial score (nSPS) is 16.1. The summed E-state index contributed by atoms with van der Waals surface area (Å²) in [4.78, 5) is 17.6. The summed E-state index contributed by atoms with van der Waals surface area (Å²) in [6.45, 7) is 2.39. The molecule has 104 valence electrons. The maximum atomic E-state index is 11.3. The molecule has 0 unspecified atom stereocenters. The molecule has 1 aliphatic heterocycles. The predicted octanol–water partition coefficient (Wildman–Crippen LogP) is 1.93. The fraction of sp³-hybridized carbons (Fsp3) is 0.286. The Morgan fingerprint density at radius 3 is 3.15 bits per heavy atom. The fourth-order valence-corrected chi connectivity index (χ4v) is 2.37. The molecule has 1 aliphatic rings. The molecule has 1 saturated heterocycles. The molecule has 2 heterocycles. The van der Waals surface area contributed by atoms with Gasteiger partial charge >= 0.3 is 0 Å². The third-order valence-corrected chi connectivity index (χ3v) is 3.37. The first-order valence-corrected chi connectivity index (χ1v) is 6.78. The molecule has 5 nitrogen and oxygen atoms in total. The van der Waals surface area contributed by atoms with Crippen LogP contribution in [0.25, 0.3) is 11.3 Å². The van der Waals surface area contributed by atoms with Crippen LogP contribution in [-0.2, 0) is 11.3 Å². The molecule has 6 heteroatoms. The van der Waals surface area contributed by atoms with Crippen molar-refractivity contribution in [2.45, 2.75) is 6.54 Å². The van der Waals surface area contributed by atoms with Crippen molar-refractivity contribution in [3.05, 3.63) is 41.4 Å². The number of carbonyl (C=O) groups excluding carboxylic acids is 1. The molecular weight excluding hydrogens is 278 g/mol. The molecule has 0 aliphatic carbocycles. The zero-order chi connectivity index (χ0) is 13.9. The minimum Gasteiger partial charge on any atom is -0.439 e. The van der Waals surface area contributed by atoms with Crippen LogP contribution in [0.4, 0.5) is 0 Å². The summed E-state index contributed by atoms with van der Waals surface area (Å²) in [5.41, 5.74) is 0.896. The van der Waals surface area contributed by atoms with Crippen LogP contribution in [0.3, 0.4) is 0 Å². The summed E-state index contributed by atoms with van der Waals surface area (Å²) in [5.74, 6) is 1.33. The van der Waals surface area contributed by atoms with Gasteiger partial charge in [-0.3, -0.25) is 9.69 Å². The number of hydrogen-bond acceptors (Lipinski definition) is 4. The van der Waals surface area contributed by atoms with Gasteiger partial charge in [0.2, 0.25) is 11.8 Å². The van der Waals surface area contributed by atoms with Gasteiger partial charge in [0, 0.05) is 23.7 Å². The minimum atomic E-state index is 0.0397. The molecule has 1 amide bonds. The topological polar surface area (TPSA) is 58.4 Å². The molecule has 1 aromatic carbocycles. The van der Waals surface area contributed by atoms with E-state index in [1.54, 1.807) is 6.20 Å². The van der Waals surface area contributed by atoms with E-state index in [1.165, 1.54) is 0 Å². The highest BCUT2D eigenvalue weighted by molar-refractivity contribution is 6.30. The number of carbonyl (C=O) groups is 1. The van der Waals surface area contributed by atoms with E-state index in [0.29, 0.717) is 36.3 Å². The first-order valence-electron chi connectivity index (χ1n) is 6.40. The van der Waals surface area contributed by atoms with Crippen molar-refractivity contribution >= 4 is 17.5 Å². The van der Waals surface area contributed by atoms with E-state index in [9.17, 15) is 4.79 Å². The Hall–Kier alpha value is -1.85. The molecule has 2 aromatic rings. The second-order valence-electron chi connectivity index (χ2n) is 4.69. The summed E-state index contributed by atoms with van der Waals surface area (Å²) in [5, 5.41) is 3.45. The van der Waals surface area contributed by atoms with E-state index in [4.69, 9.17) is 16.0 Å². The van der Waals surface area contributed by atoms with Gasteiger partial charge in [-0.1, -0.05) is 23.7 Å². The monoisotopic (exact) mass is 291 g/mol. The number of nitrogens with zero attached hydrogens (tertiary/aromatic N) is 2. The Labute approximate surface area is 121 Å². The molecular formula is C14H14ClN3O2. The second kappa shape index (κ2) is 5.64. The van der Waals surface area contributed by atoms with Gasteiger partial charge in [0.25, 0.3) is 0 Å². The van der Waals surface area contributed by atoms with Gasteiger partial charge < -0.3 is 9.73 Å². The highest BCUT2D eigenvalue weighted by Gasteiger charge is 2.18. The van der Waals surface area contributed by atoms with E-state index < -0.39 is 0 Å². The standard InChI is InChI=1S/C14H14ClN3O2/c15-11-3-1-2-10(6-11)12-7-17-14(20-12)9-18-5-4-16-13(19)8-18/h1-3,6-7H,4-5,8-9H2,(H,16,19). The van der Waals surface area contributed by atoms with Crippen LogP contribution in [0.15, 0.2) is 34.9 Å². The lowest BCUT2D eigenvalue weighted by Crippen LogP contribution is -2.47. The van der Waals surface area contributed by atoms with Crippen molar-refractivity contribution in [2.75, 3.05) is 19.6 Å². The van der Waals surface area contributed by atoms with Gasteiger partial charge in [-0.15, -0.1) is 0 Å². The van der Waals surface area contributed by atoms with Crippen LogP contribution in [-0.4, -0.2) is 35.4 Å². The van der Waals surface area contributed by atoms with Gasteiger partial charge in [0.15, 0.2) is 5.76 Å². The molecule has 0 radical (unpaired) electrons. The Morgan fingerprint density at radius 2 is 2.35 bits per heavy atom. The first kappa shape index (κ1) is 13.1. The maximum Gasteiger partial charge on any atom is 0.234 e. The number of rotatable bonds is 3. The Morgan fingerprint density at radius 1 is 1.45 bits per heavy atom. The highest BCUT2D eigenvalue weighted by atomic mass is 35.5. The van der Waals surface area contributed by atoms with E-state index in [0.717, 1.165) is 12.1 Å². The fourth-order valence-electron chi connectivity index (χ4n) is 2.18. The van der Waals surface area contributed by atoms with Crippen LogP contribution in [0, 0.1) is 0 Å². The van der Waals surface area contributed by atoms with Gasteiger partial charge in [0.05, 0.1) is 19.3 Å². The molecule has 1 N–H and O–H groups in total. The quantitative estimate of drug-likeness (QED) is 0.939. The Kier molecular flexibility index (Phi) is 3.71. The summed E-state index contributed by atoms with van der Waals surface area (Å²) in [7, 11) is 0. The second-order valence-corrected chi connectivity index (χ2v) is 5.13. The van der Waals surface area contributed by atoms with Crippen LogP contribution in [0.5, 0.6) is 0 Å². The number of benzene rings is 1. The molecule has 0 atom stereocenters. The van der Waals surface area contributed by atoms with Crippen molar-refractivity contribution < 1.29 is 9.21 Å². The zero-order valence-corrected chi connectivity index (χ0v) is 11.6. The van der Waals surface area contributed by atoms with E-state index >= 15 is 0 Å². The molecule has 0 bridgehead atoms. The Balaban J connectivity index is 1.72. The molecule has 0 spiro atoms. The lowest BCUT2D eigenvalue weighted by Gasteiger charge is -2.24. The van der Waals surface area contributed by atoms with Crippen molar-refractivity contribution in [1.29, 1.82) is 0 Å². The number of amides is 1. The summed E-state index contributed by atoms with van der Waals surface area (Å²) in [6, 6.07) is 7.44. The number of piperazine rings is 1. The van der Waals surface area contributed by atoms with E-state index in [1.807, 2.05) is 29.2 Å². The van der Waals surface area contributed by atoms with Crippen molar-refractivity contribution in [1.82, 2.24) is 15.2 Å².